The molecule has 0 saturated carbocycles. The number of aliphatic hydroxyl groups excluding tert-OH is 2. The average molecular weight is 932 g/mol. The highest BCUT2D eigenvalue weighted by molar-refractivity contribution is 8.13. The number of nitrogens with two attached hydrogens (primary N) is 3. The average Bonchev–Trinajstić information content (AvgIpc) is 3.70. The number of phosphoric acid groups is 3. The van der Waals surface area contributed by atoms with Crippen molar-refractivity contribution < 1.29 is 89.3 Å². The van der Waals surface area contributed by atoms with Gasteiger partial charge < -0.3 is 62.4 Å². The number of hydrogen-bond donors (Lipinski definition) is 11. The third-order valence-corrected chi connectivity index (χ3v) is 12.4. The van der Waals surface area contributed by atoms with Crippen LogP contribution in [0.1, 0.15) is 39.3 Å². The molecule has 0 spiro atoms. The molecule has 1 saturated heterocycles. The van der Waals surface area contributed by atoms with Gasteiger partial charge >= 0.3 is 23.5 Å². The molecule has 0 radical (unpaired) electrons. The third-order valence-electron chi connectivity index (χ3n) is 8.30. The SMILES string of the molecule is CC(C)(COP(=O)(O)OP(=O)(O)OCC1OC(n2cnc3c(N)ncnc32)C(O)C1OP(=O)(O)O)C(O)C(=O)NCCC(=O)NCCSC(=O)C(N)(CCCN)C(F)F. The summed E-state index contributed by atoms with van der Waals surface area (Å²) >= 11 is 0.510. The maximum Gasteiger partial charge on any atom is 0.481 e. The van der Waals surface area contributed by atoms with Crippen LogP contribution < -0.4 is 27.8 Å². The first-order chi connectivity index (χ1) is 27.2. The number of rotatable bonds is 24. The molecule has 3 rings (SSSR count). The maximum absolute atomic E-state index is 13.4. The third kappa shape index (κ3) is 14.5. The van der Waals surface area contributed by atoms with Gasteiger partial charge in [0.15, 0.2) is 17.7 Å². The number of aromatic nitrogens is 4. The molecule has 14 N–H and O–H groups in total. The molecule has 59 heavy (non-hydrogen) atoms. The van der Waals surface area contributed by atoms with Crippen LogP contribution in [-0.2, 0) is 50.7 Å². The van der Waals surface area contributed by atoms with Crippen molar-refractivity contribution in [2.45, 2.75) is 75.7 Å². The number of anilines is 1. The van der Waals surface area contributed by atoms with Crippen molar-refractivity contribution in [2.24, 2.45) is 16.9 Å². The van der Waals surface area contributed by atoms with E-state index in [4.69, 9.17) is 31.0 Å². The van der Waals surface area contributed by atoms with Crippen molar-refractivity contribution in [3.63, 3.8) is 0 Å². The first-order valence-electron chi connectivity index (χ1n) is 17.1. The maximum atomic E-state index is 13.4. The summed E-state index contributed by atoms with van der Waals surface area (Å²) in [6.45, 7) is -0.0864. The van der Waals surface area contributed by atoms with Gasteiger partial charge in [0, 0.05) is 30.7 Å². The molecule has 1 aliphatic heterocycles. The van der Waals surface area contributed by atoms with Crippen molar-refractivity contribution in [3.05, 3.63) is 12.7 Å². The molecule has 3 heterocycles. The number of carbonyl (C=O) groups is 3. The number of halogens is 2. The molecule has 336 valence electrons. The predicted octanol–water partition coefficient (Wildman–Crippen LogP) is -1.63. The second kappa shape index (κ2) is 20.9. The number of carbonyl (C=O) groups excluding carboxylic acids is 3. The van der Waals surface area contributed by atoms with Gasteiger partial charge in [-0.25, -0.2) is 37.4 Å². The Hall–Kier alpha value is -2.66. The smallest absolute Gasteiger partial charge is 0.386 e. The summed E-state index contributed by atoms with van der Waals surface area (Å²) < 4.78 is 88.7. The number of amides is 2. The number of aliphatic hydroxyl groups is 2. The summed E-state index contributed by atoms with van der Waals surface area (Å²) in [4.78, 5) is 87.8. The van der Waals surface area contributed by atoms with Crippen molar-refractivity contribution in [1.82, 2.24) is 30.2 Å². The summed E-state index contributed by atoms with van der Waals surface area (Å²) in [5, 5.41) is 25.1. The predicted molar refractivity (Wildman–Crippen MR) is 198 cm³/mol. The van der Waals surface area contributed by atoms with Crippen molar-refractivity contribution >= 4 is 69.1 Å². The Kier molecular flexibility index (Phi) is 18.0. The second-order valence-corrected chi connectivity index (χ2v) is 18.7. The molecular weight excluding hydrogens is 885 g/mol. The van der Waals surface area contributed by atoms with Gasteiger partial charge in [-0.05, 0) is 19.4 Å². The minimum atomic E-state index is -5.61. The molecule has 1 fully saturated rings. The molecule has 0 aliphatic carbocycles. The lowest BCUT2D eigenvalue weighted by Crippen LogP contribution is -2.53. The molecule has 1 aliphatic rings. The van der Waals surface area contributed by atoms with Gasteiger partial charge in [0.1, 0.15) is 41.8 Å². The lowest BCUT2D eigenvalue weighted by molar-refractivity contribution is -0.137. The number of hydrogen-bond acceptors (Lipinski definition) is 20. The van der Waals surface area contributed by atoms with Crippen LogP contribution in [0.15, 0.2) is 12.7 Å². The lowest BCUT2D eigenvalue weighted by Gasteiger charge is -2.30. The van der Waals surface area contributed by atoms with E-state index in [1.54, 1.807) is 0 Å². The van der Waals surface area contributed by atoms with Gasteiger partial charge in [0.05, 0.1) is 19.5 Å². The zero-order chi connectivity index (χ0) is 44.6. The first-order valence-corrected chi connectivity index (χ1v) is 22.6. The Bertz CT molecular complexity index is 1930. The number of nitrogens with one attached hydrogen (secondary N) is 2. The van der Waals surface area contributed by atoms with E-state index in [9.17, 15) is 66.6 Å². The standard InChI is InChI=1S/C27H46F2N9O17P3S/c1-26(2,19(41)22(42)34-7-4-15(39)33-8-9-59-25(43)27(32,24(28)29)5-3-6-30)11-52-58(49,50)55-57(47,48)51-10-14-18(54-56(44,45)46)17(40)23(53-14)38-13-37-16-20(31)35-12-36-21(16)38/h12-14,17-19,23-24,40-41H,3-11,30,32H2,1-2H3,(H,33,39)(H,34,42)(H,47,48)(H,49,50)(H2,31,35,36)(H2,44,45,46). The summed E-state index contributed by atoms with van der Waals surface area (Å²) in [6, 6.07) is 0. The minimum Gasteiger partial charge on any atom is -0.386 e. The normalized spacial score (nSPS) is 22.4. The number of phosphoric ester groups is 3. The zero-order valence-electron chi connectivity index (χ0n) is 31.2. The highest BCUT2D eigenvalue weighted by Gasteiger charge is 2.50. The van der Waals surface area contributed by atoms with Gasteiger partial charge in [-0.15, -0.1) is 0 Å². The van der Waals surface area contributed by atoms with Crippen LogP contribution in [-0.4, -0.2) is 141 Å². The molecule has 26 nitrogen and oxygen atoms in total. The van der Waals surface area contributed by atoms with Gasteiger partial charge in [-0.3, -0.25) is 32.5 Å². The van der Waals surface area contributed by atoms with Gasteiger partial charge in [0.25, 0.3) is 6.43 Å². The zero-order valence-corrected chi connectivity index (χ0v) is 34.7. The van der Waals surface area contributed by atoms with E-state index < -0.39 is 102 Å². The topological polar surface area (TPSA) is 416 Å². The Morgan fingerprint density at radius 1 is 1.07 bits per heavy atom. The first kappa shape index (κ1) is 50.7. The Labute approximate surface area is 337 Å². The molecule has 0 bridgehead atoms. The highest BCUT2D eigenvalue weighted by atomic mass is 32.2. The monoisotopic (exact) mass is 931 g/mol. The molecule has 0 aromatic carbocycles. The number of alkyl halides is 2. The number of fused-ring (bicyclic) bond motifs is 1. The van der Waals surface area contributed by atoms with E-state index in [1.807, 2.05) is 0 Å². The van der Waals surface area contributed by atoms with Crippen molar-refractivity contribution in [2.75, 3.05) is 44.3 Å². The number of ether oxygens (including phenoxy) is 1. The van der Waals surface area contributed by atoms with Crippen LogP contribution in [0.2, 0.25) is 0 Å². The van der Waals surface area contributed by atoms with Crippen LogP contribution >= 0.6 is 35.2 Å². The number of nitrogen functional groups attached to an aromatic ring is 1. The van der Waals surface area contributed by atoms with Crippen LogP contribution in [0.5, 0.6) is 0 Å². The van der Waals surface area contributed by atoms with Gasteiger partial charge in [-0.1, -0.05) is 25.6 Å². The molecule has 2 amide bonds. The lowest BCUT2D eigenvalue weighted by atomic mass is 9.87. The summed E-state index contributed by atoms with van der Waals surface area (Å²) in [7, 11) is -16.5. The van der Waals surface area contributed by atoms with E-state index >= 15 is 0 Å². The molecule has 8 atom stereocenters. The van der Waals surface area contributed by atoms with E-state index in [-0.39, 0.29) is 61.6 Å². The highest BCUT2D eigenvalue weighted by Crippen LogP contribution is 2.61. The van der Waals surface area contributed by atoms with Gasteiger partial charge in [0.2, 0.25) is 16.9 Å². The summed E-state index contributed by atoms with van der Waals surface area (Å²) in [5.41, 5.74) is 12.6. The van der Waals surface area contributed by atoms with E-state index in [1.165, 1.54) is 13.8 Å². The molecule has 2 aromatic heterocycles. The van der Waals surface area contributed by atoms with Crippen molar-refractivity contribution in [1.29, 1.82) is 0 Å². The Morgan fingerprint density at radius 3 is 2.36 bits per heavy atom. The fourth-order valence-electron chi connectivity index (χ4n) is 5.10. The number of nitrogens with zero attached hydrogens (tertiary/aromatic N) is 4. The van der Waals surface area contributed by atoms with Crippen LogP contribution in [0, 0.1) is 5.41 Å². The quantitative estimate of drug-likeness (QED) is 0.0416. The second-order valence-electron chi connectivity index (χ2n) is 13.4. The van der Waals surface area contributed by atoms with Crippen LogP contribution in [0.3, 0.4) is 0 Å². The fraction of sp³-hybridized carbons (Fsp3) is 0.704. The van der Waals surface area contributed by atoms with E-state index in [2.05, 4.69) is 34.4 Å². The van der Waals surface area contributed by atoms with Crippen molar-refractivity contribution in [3.8, 4) is 0 Å². The van der Waals surface area contributed by atoms with E-state index in [0.717, 1.165) is 17.2 Å². The number of imidazole rings is 1. The molecule has 8 unspecified atom stereocenters. The fourth-order valence-corrected chi connectivity index (χ4v) is 8.78. The molecule has 32 heteroatoms. The van der Waals surface area contributed by atoms with Gasteiger partial charge in [-0.2, -0.15) is 4.31 Å². The Morgan fingerprint density at radius 2 is 1.73 bits per heavy atom. The van der Waals surface area contributed by atoms with Crippen LogP contribution in [0.4, 0.5) is 14.6 Å². The van der Waals surface area contributed by atoms with Crippen LogP contribution in [0.25, 0.3) is 11.2 Å². The van der Waals surface area contributed by atoms with E-state index in [0.29, 0.717) is 11.8 Å². The summed E-state index contributed by atoms with van der Waals surface area (Å²) in [6.07, 6.45) is -10.6. The largest absolute Gasteiger partial charge is 0.481 e. The molecular formula is C27H46F2N9O17P3S. The Balaban J connectivity index is 1.48. The summed E-state index contributed by atoms with van der Waals surface area (Å²) in [5.74, 6) is -1.83. The number of thioether (sulfide) groups is 1. The minimum absolute atomic E-state index is 0.00976. The molecule has 2 aromatic rings.